The van der Waals surface area contributed by atoms with Gasteiger partial charge in [-0.15, -0.1) is 11.3 Å². The third kappa shape index (κ3) is 4.66. The molecule has 0 saturated carbocycles. The number of thiophene rings is 2. The molecule has 0 atom stereocenters. The molecule has 2 rings (SSSR count). The van der Waals surface area contributed by atoms with E-state index in [1.165, 1.54) is 0 Å². The van der Waals surface area contributed by atoms with E-state index in [1.807, 2.05) is 40.4 Å². The first-order valence-electron chi connectivity index (χ1n) is 4.06. The van der Waals surface area contributed by atoms with Gasteiger partial charge in [-0.1, -0.05) is 36.6 Å². The maximum atomic E-state index is 3.49. The number of hydrogen-bond acceptors (Lipinski definition) is 2. The molecule has 0 radical (unpaired) electrons. The summed E-state index contributed by atoms with van der Waals surface area (Å²) in [6.45, 7) is 3.49. The zero-order valence-corrected chi connectivity index (χ0v) is 9.28. The first kappa shape index (κ1) is 10.8. The molecule has 0 aliphatic rings. The topological polar surface area (TPSA) is 0 Å². The Bertz CT molecular complexity index is 368. The van der Waals surface area contributed by atoms with Crippen LogP contribution in [0.1, 0.15) is 4.88 Å². The molecule has 0 unspecified atom stereocenters. The Labute approximate surface area is 92.5 Å². The number of rotatable bonds is 0. The van der Waals surface area contributed by atoms with E-state index >= 15 is 0 Å². The zero-order valence-electron chi connectivity index (χ0n) is 7.64. The van der Waals surface area contributed by atoms with Crippen molar-refractivity contribution in [2.24, 2.45) is 0 Å². The van der Waals surface area contributed by atoms with Crippen LogP contribution in [-0.4, -0.2) is 0 Å². The fourth-order valence-corrected chi connectivity index (χ4v) is 1.73. The van der Waals surface area contributed by atoms with Crippen molar-refractivity contribution in [3.05, 3.63) is 57.9 Å². The van der Waals surface area contributed by atoms with Gasteiger partial charge >= 0.3 is 0 Å². The van der Waals surface area contributed by atoms with Crippen LogP contribution in [0.15, 0.2) is 53.1 Å². The molecule has 0 aliphatic carbocycles. The van der Waals surface area contributed by atoms with Gasteiger partial charge < -0.3 is 0 Å². The van der Waals surface area contributed by atoms with Crippen LogP contribution in [-0.2, 0) is 0 Å². The van der Waals surface area contributed by atoms with Crippen molar-refractivity contribution in [2.75, 3.05) is 0 Å². The summed E-state index contributed by atoms with van der Waals surface area (Å²) >= 11 is 3.35. The first-order valence-corrected chi connectivity index (χ1v) is 5.89. The third-order valence-electron chi connectivity index (χ3n) is 1.24. The fourth-order valence-electron chi connectivity index (χ4n) is 0.699. The summed E-state index contributed by atoms with van der Waals surface area (Å²) in [5.74, 6) is 5.70. The summed E-state index contributed by atoms with van der Waals surface area (Å²) in [4.78, 5) is 1.09. The lowest BCUT2D eigenvalue weighted by Gasteiger charge is -1.70. The largest absolute Gasteiger partial charge is 0.152 e. The zero-order chi connectivity index (χ0) is 10.1. The molecular weight excluding hydrogens is 208 g/mol. The van der Waals surface area contributed by atoms with Crippen LogP contribution in [0.2, 0.25) is 0 Å². The predicted molar refractivity (Wildman–Crippen MR) is 65.7 cm³/mol. The van der Waals surface area contributed by atoms with Gasteiger partial charge in [-0.2, -0.15) is 11.3 Å². The molecular formula is C12H10S2. The summed E-state index contributed by atoms with van der Waals surface area (Å²) in [5.41, 5.74) is 0. The van der Waals surface area contributed by atoms with Gasteiger partial charge in [0, 0.05) is 0 Å². The van der Waals surface area contributed by atoms with E-state index in [0.717, 1.165) is 4.88 Å². The van der Waals surface area contributed by atoms with Gasteiger partial charge in [-0.05, 0) is 28.3 Å². The molecule has 2 aromatic rings. The van der Waals surface area contributed by atoms with E-state index in [4.69, 9.17) is 0 Å². The Morgan fingerprint density at radius 3 is 2.36 bits per heavy atom. The van der Waals surface area contributed by atoms with Gasteiger partial charge in [0.2, 0.25) is 0 Å². The lowest BCUT2D eigenvalue weighted by molar-refractivity contribution is 1.94. The summed E-state index contributed by atoms with van der Waals surface area (Å²) in [6.07, 6.45) is 1.60. The molecule has 0 saturated heterocycles. The second-order valence-corrected chi connectivity index (χ2v) is 4.01. The lowest BCUT2D eigenvalue weighted by Crippen LogP contribution is -1.55. The lowest BCUT2D eigenvalue weighted by atomic mass is 10.4. The summed E-state index contributed by atoms with van der Waals surface area (Å²) in [7, 11) is 0. The monoisotopic (exact) mass is 218 g/mol. The Balaban J connectivity index is 0.000000165. The fraction of sp³-hybridized carbons (Fsp3) is 0. The van der Waals surface area contributed by atoms with Crippen LogP contribution >= 0.6 is 22.7 Å². The second kappa shape index (κ2) is 7.14. The molecule has 0 aromatic carbocycles. The minimum atomic E-state index is 1.09. The van der Waals surface area contributed by atoms with Crippen LogP contribution in [0.5, 0.6) is 0 Å². The molecule has 0 N–H and O–H groups in total. The SMILES string of the molecule is C=CC#Cc1cccs1.c1ccsc1. The average Bonchev–Trinajstić information content (AvgIpc) is 2.90. The highest BCUT2D eigenvalue weighted by Crippen LogP contribution is 2.05. The van der Waals surface area contributed by atoms with Crippen LogP contribution in [0.3, 0.4) is 0 Å². The highest BCUT2D eigenvalue weighted by molar-refractivity contribution is 7.10. The Hall–Kier alpha value is -1.30. The minimum absolute atomic E-state index is 1.09. The molecule has 2 aromatic heterocycles. The maximum absolute atomic E-state index is 3.49. The highest BCUT2D eigenvalue weighted by Gasteiger charge is 1.80. The summed E-state index contributed by atoms with van der Waals surface area (Å²) in [5, 5.41) is 6.09. The molecule has 0 spiro atoms. The van der Waals surface area contributed by atoms with E-state index < -0.39 is 0 Å². The van der Waals surface area contributed by atoms with Gasteiger partial charge in [-0.25, -0.2) is 0 Å². The Morgan fingerprint density at radius 2 is 1.93 bits per heavy atom. The molecule has 2 heteroatoms. The number of hydrogen-bond donors (Lipinski definition) is 0. The van der Waals surface area contributed by atoms with Crippen LogP contribution in [0.4, 0.5) is 0 Å². The Morgan fingerprint density at radius 1 is 1.14 bits per heavy atom. The van der Waals surface area contributed by atoms with Gasteiger partial charge in [0.15, 0.2) is 0 Å². The normalized spacial score (nSPS) is 7.71. The molecule has 70 valence electrons. The standard InChI is InChI=1S/C8H6S.C4H4S/c1-2-3-5-8-6-4-7-9-8;1-2-4-5-3-1/h2,4,6-7H,1H2;1-4H. The number of allylic oxidation sites excluding steroid dienone is 1. The van der Waals surface area contributed by atoms with Crippen molar-refractivity contribution in [1.29, 1.82) is 0 Å². The molecule has 0 aliphatic heterocycles. The molecule has 0 bridgehead atoms. The molecule has 14 heavy (non-hydrogen) atoms. The molecule has 2 heterocycles. The molecule has 0 nitrogen and oxygen atoms in total. The predicted octanol–water partition coefficient (Wildman–Crippen LogP) is 4.03. The first-order chi connectivity index (χ1) is 6.93. The van der Waals surface area contributed by atoms with Gasteiger partial charge in [0.05, 0.1) is 4.88 Å². The van der Waals surface area contributed by atoms with E-state index in [1.54, 1.807) is 28.7 Å². The van der Waals surface area contributed by atoms with E-state index in [2.05, 4.69) is 18.4 Å². The van der Waals surface area contributed by atoms with Gasteiger partial charge in [-0.3, -0.25) is 0 Å². The van der Waals surface area contributed by atoms with Crippen LogP contribution in [0.25, 0.3) is 0 Å². The second-order valence-electron chi connectivity index (χ2n) is 2.24. The van der Waals surface area contributed by atoms with Gasteiger partial charge in [0.1, 0.15) is 0 Å². The molecule has 0 amide bonds. The van der Waals surface area contributed by atoms with E-state index in [9.17, 15) is 0 Å². The summed E-state index contributed by atoms with van der Waals surface area (Å²) in [6, 6.07) is 8.01. The van der Waals surface area contributed by atoms with E-state index in [0.29, 0.717) is 0 Å². The van der Waals surface area contributed by atoms with Crippen LogP contribution in [0, 0.1) is 11.8 Å². The van der Waals surface area contributed by atoms with E-state index in [-0.39, 0.29) is 0 Å². The van der Waals surface area contributed by atoms with Crippen molar-refractivity contribution in [3.8, 4) is 11.8 Å². The van der Waals surface area contributed by atoms with Crippen LogP contribution < -0.4 is 0 Å². The highest BCUT2D eigenvalue weighted by atomic mass is 32.1. The van der Waals surface area contributed by atoms with Gasteiger partial charge in [0.25, 0.3) is 0 Å². The Kier molecular flexibility index (Phi) is 5.49. The van der Waals surface area contributed by atoms with Crippen molar-refractivity contribution < 1.29 is 0 Å². The maximum Gasteiger partial charge on any atom is 0.0771 e. The molecule has 0 fully saturated rings. The van der Waals surface area contributed by atoms with Crippen molar-refractivity contribution in [1.82, 2.24) is 0 Å². The van der Waals surface area contributed by atoms with Crippen molar-refractivity contribution in [3.63, 3.8) is 0 Å². The summed E-state index contributed by atoms with van der Waals surface area (Å²) < 4.78 is 0. The third-order valence-corrected chi connectivity index (χ3v) is 2.66. The van der Waals surface area contributed by atoms with Crippen molar-refractivity contribution in [2.45, 2.75) is 0 Å². The van der Waals surface area contributed by atoms with Crippen molar-refractivity contribution >= 4 is 22.7 Å². The minimum Gasteiger partial charge on any atom is -0.152 e. The smallest absolute Gasteiger partial charge is 0.0771 e. The quantitative estimate of drug-likeness (QED) is 0.586. The average molecular weight is 218 g/mol.